The fraction of sp³-hybridized carbons (Fsp3) is 0.0333. The maximum atomic E-state index is 13.2. The summed E-state index contributed by atoms with van der Waals surface area (Å²) in [5.74, 6) is -0.763. The topological polar surface area (TPSA) is 71.1 Å². The zero-order valence-corrected chi connectivity index (χ0v) is 20.4. The highest BCUT2D eigenvalue weighted by Crippen LogP contribution is 2.31. The second-order valence-corrected chi connectivity index (χ2v) is 9.34. The van der Waals surface area contributed by atoms with E-state index in [-0.39, 0.29) is 11.6 Å². The number of amides is 2. The van der Waals surface area contributed by atoms with E-state index in [0.717, 1.165) is 26.4 Å². The molecule has 5 nitrogen and oxygen atoms in total. The summed E-state index contributed by atoms with van der Waals surface area (Å²) in [6, 6.07) is 32.0. The van der Waals surface area contributed by atoms with Crippen LogP contribution >= 0.6 is 11.3 Å². The van der Waals surface area contributed by atoms with Crippen LogP contribution in [0.15, 0.2) is 109 Å². The third-order valence-corrected chi connectivity index (χ3v) is 6.64. The van der Waals surface area contributed by atoms with Gasteiger partial charge in [0, 0.05) is 16.8 Å². The largest absolute Gasteiger partial charge is 0.321 e. The van der Waals surface area contributed by atoms with E-state index in [2.05, 4.69) is 29.7 Å². The van der Waals surface area contributed by atoms with Crippen molar-refractivity contribution in [1.82, 2.24) is 10.3 Å². The number of rotatable bonds is 6. The highest BCUT2D eigenvalue weighted by molar-refractivity contribution is 7.21. The van der Waals surface area contributed by atoms with E-state index in [1.54, 1.807) is 41.7 Å². The van der Waals surface area contributed by atoms with Crippen LogP contribution in [-0.4, -0.2) is 16.8 Å². The third-order valence-electron chi connectivity index (χ3n) is 5.57. The lowest BCUT2D eigenvalue weighted by molar-refractivity contribution is -0.113. The minimum atomic E-state index is -0.411. The number of anilines is 1. The van der Waals surface area contributed by atoms with Crippen LogP contribution < -0.4 is 10.6 Å². The molecule has 176 valence electrons. The van der Waals surface area contributed by atoms with Gasteiger partial charge in [-0.3, -0.25) is 9.59 Å². The molecule has 2 amide bonds. The Hall–Kier alpha value is -4.55. The average molecular weight is 490 g/mol. The van der Waals surface area contributed by atoms with Crippen molar-refractivity contribution in [2.75, 3.05) is 5.32 Å². The summed E-state index contributed by atoms with van der Waals surface area (Å²) < 4.78 is 1.15. The number of aromatic nitrogens is 1. The summed E-state index contributed by atoms with van der Waals surface area (Å²) in [6.07, 6.45) is 1.66. The number of aryl methyl sites for hydroxylation is 1. The van der Waals surface area contributed by atoms with Crippen molar-refractivity contribution in [2.24, 2.45) is 0 Å². The average Bonchev–Trinajstić information content (AvgIpc) is 3.33. The van der Waals surface area contributed by atoms with Crippen LogP contribution in [-0.2, 0) is 4.79 Å². The van der Waals surface area contributed by atoms with Crippen LogP contribution in [0.2, 0.25) is 0 Å². The molecule has 0 fully saturated rings. The van der Waals surface area contributed by atoms with Gasteiger partial charge in [-0.2, -0.15) is 0 Å². The molecule has 0 radical (unpaired) electrons. The molecular formula is C30H23N3O2S. The van der Waals surface area contributed by atoms with Crippen molar-refractivity contribution in [3.05, 3.63) is 126 Å². The zero-order valence-electron chi connectivity index (χ0n) is 19.6. The highest BCUT2D eigenvalue weighted by atomic mass is 32.1. The molecule has 0 aliphatic heterocycles. The Kier molecular flexibility index (Phi) is 6.69. The van der Waals surface area contributed by atoms with Gasteiger partial charge in [0.15, 0.2) is 0 Å². The predicted octanol–water partition coefficient (Wildman–Crippen LogP) is 6.68. The Morgan fingerprint density at radius 2 is 1.53 bits per heavy atom. The molecule has 5 aromatic rings. The number of hydrogen-bond donors (Lipinski definition) is 2. The smallest absolute Gasteiger partial charge is 0.272 e. The Bertz CT molecular complexity index is 1560. The first-order valence-corrected chi connectivity index (χ1v) is 12.3. The van der Waals surface area contributed by atoms with Gasteiger partial charge >= 0.3 is 0 Å². The van der Waals surface area contributed by atoms with E-state index >= 15 is 0 Å². The summed E-state index contributed by atoms with van der Waals surface area (Å²) in [6.45, 7) is 2.07. The molecule has 1 aromatic heterocycles. The van der Waals surface area contributed by atoms with Crippen LogP contribution in [0.1, 0.15) is 21.5 Å². The molecule has 4 aromatic carbocycles. The van der Waals surface area contributed by atoms with E-state index in [1.807, 2.05) is 66.7 Å². The van der Waals surface area contributed by atoms with Crippen LogP contribution in [0, 0.1) is 6.92 Å². The Morgan fingerprint density at radius 3 is 2.25 bits per heavy atom. The van der Waals surface area contributed by atoms with E-state index < -0.39 is 5.91 Å². The molecule has 0 aliphatic rings. The molecule has 2 N–H and O–H groups in total. The fourth-order valence-corrected chi connectivity index (χ4v) is 4.78. The number of carbonyl (C=O) groups excluding carboxylic acids is 2. The number of benzene rings is 4. The van der Waals surface area contributed by atoms with Gasteiger partial charge in [0.05, 0.1) is 10.2 Å². The molecule has 0 spiro atoms. The molecule has 0 saturated heterocycles. The van der Waals surface area contributed by atoms with Gasteiger partial charge in [0.1, 0.15) is 10.7 Å². The number of thiazole rings is 1. The summed E-state index contributed by atoms with van der Waals surface area (Å²) >= 11 is 1.64. The normalized spacial score (nSPS) is 11.3. The van der Waals surface area contributed by atoms with Crippen LogP contribution in [0.5, 0.6) is 0 Å². The number of carbonyl (C=O) groups is 2. The summed E-state index contributed by atoms with van der Waals surface area (Å²) in [4.78, 5) is 30.7. The van der Waals surface area contributed by atoms with Gasteiger partial charge < -0.3 is 10.6 Å². The van der Waals surface area contributed by atoms with Crippen molar-refractivity contribution in [3.8, 4) is 10.6 Å². The van der Waals surface area contributed by atoms with Gasteiger partial charge in [-0.25, -0.2) is 4.98 Å². The van der Waals surface area contributed by atoms with E-state index in [4.69, 9.17) is 4.98 Å². The van der Waals surface area contributed by atoms with E-state index in [9.17, 15) is 9.59 Å². The molecule has 1 heterocycles. The second-order valence-electron chi connectivity index (χ2n) is 8.31. The van der Waals surface area contributed by atoms with Crippen molar-refractivity contribution in [2.45, 2.75) is 6.92 Å². The Morgan fingerprint density at radius 1 is 0.833 bits per heavy atom. The quantitative estimate of drug-likeness (QED) is 0.261. The molecule has 6 heteroatoms. The zero-order chi connectivity index (χ0) is 24.9. The Balaban J connectivity index is 1.36. The first kappa shape index (κ1) is 23.2. The lowest BCUT2D eigenvalue weighted by atomic mass is 10.1. The predicted molar refractivity (Wildman–Crippen MR) is 147 cm³/mol. The number of nitrogens with one attached hydrogen (secondary N) is 2. The Labute approximate surface area is 213 Å². The summed E-state index contributed by atoms with van der Waals surface area (Å²) in [5.41, 5.74) is 5.20. The van der Waals surface area contributed by atoms with Gasteiger partial charge in [-0.15, -0.1) is 11.3 Å². The first-order chi connectivity index (χ1) is 17.5. The molecule has 0 atom stereocenters. The molecule has 0 bridgehead atoms. The van der Waals surface area contributed by atoms with E-state index in [0.29, 0.717) is 11.3 Å². The molecule has 0 aliphatic carbocycles. The number of fused-ring (bicyclic) bond motifs is 1. The maximum Gasteiger partial charge on any atom is 0.272 e. The van der Waals surface area contributed by atoms with Gasteiger partial charge in [0.2, 0.25) is 0 Å². The van der Waals surface area contributed by atoms with Crippen molar-refractivity contribution in [3.63, 3.8) is 0 Å². The monoisotopic (exact) mass is 489 g/mol. The maximum absolute atomic E-state index is 13.2. The fourth-order valence-electron chi connectivity index (χ4n) is 3.71. The molecule has 36 heavy (non-hydrogen) atoms. The summed E-state index contributed by atoms with van der Waals surface area (Å²) in [5, 5.41) is 6.58. The van der Waals surface area contributed by atoms with Crippen LogP contribution in [0.3, 0.4) is 0 Å². The number of nitrogens with zero attached hydrogens (tertiary/aromatic N) is 1. The standard InChI is InChI=1S/C30H23N3O2S/c1-20-12-17-25-27(18-20)36-30(33-25)23-13-15-24(16-14-23)31-29(35)26(19-21-8-4-2-5-9-21)32-28(34)22-10-6-3-7-11-22/h2-19H,1H3,(H,31,35)(H,32,34)/b26-19-. The molecule has 5 rings (SSSR count). The third kappa shape index (κ3) is 5.40. The van der Waals surface area contributed by atoms with Crippen molar-refractivity contribution in [1.29, 1.82) is 0 Å². The summed E-state index contributed by atoms with van der Waals surface area (Å²) in [7, 11) is 0. The number of hydrogen-bond acceptors (Lipinski definition) is 4. The van der Waals surface area contributed by atoms with Gasteiger partial charge in [0.25, 0.3) is 11.8 Å². The first-order valence-electron chi connectivity index (χ1n) is 11.5. The molecular weight excluding hydrogens is 466 g/mol. The molecule has 0 saturated carbocycles. The van der Waals surface area contributed by atoms with E-state index in [1.165, 1.54) is 5.56 Å². The van der Waals surface area contributed by atoms with Crippen LogP contribution in [0.4, 0.5) is 5.69 Å². The minimum Gasteiger partial charge on any atom is -0.321 e. The highest BCUT2D eigenvalue weighted by Gasteiger charge is 2.15. The lowest BCUT2D eigenvalue weighted by Gasteiger charge is -2.12. The second kappa shape index (κ2) is 10.4. The van der Waals surface area contributed by atoms with Crippen LogP contribution in [0.25, 0.3) is 26.9 Å². The SMILES string of the molecule is Cc1ccc2nc(-c3ccc(NC(=O)/C(=C/c4ccccc4)NC(=O)c4ccccc4)cc3)sc2c1. The van der Waals surface area contributed by atoms with Gasteiger partial charge in [-0.1, -0.05) is 54.6 Å². The lowest BCUT2D eigenvalue weighted by Crippen LogP contribution is -2.30. The minimum absolute atomic E-state index is 0.153. The van der Waals surface area contributed by atoms with Gasteiger partial charge in [-0.05, 0) is 72.7 Å². The van der Waals surface area contributed by atoms with Crippen molar-refractivity contribution < 1.29 is 9.59 Å². The molecule has 0 unspecified atom stereocenters. The van der Waals surface area contributed by atoms with Crippen molar-refractivity contribution >= 4 is 45.1 Å².